The average molecular weight is 370 g/mol. The van der Waals surface area contributed by atoms with Crippen LogP contribution in [-0.2, 0) is 0 Å². The monoisotopic (exact) mass is 369 g/mol. The number of amides is 1. The van der Waals surface area contributed by atoms with E-state index in [-0.39, 0.29) is 5.91 Å². The molecule has 0 saturated carbocycles. The molecule has 0 unspecified atom stereocenters. The minimum Gasteiger partial charge on any atom is -0.303 e. The number of thiazole rings is 1. The van der Waals surface area contributed by atoms with Crippen LogP contribution in [0.15, 0.2) is 48.0 Å². The van der Waals surface area contributed by atoms with Crippen LogP contribution < -0.4 is 5.32 Å². The van der Waals surface area contributed by atoms with Crippen LogP contribution in [0.4, 0.5) is 5.82 Å². The molecule has 6 nitrogen and oxygen atoms in total. The summed E-state index contributed by atoms with van der Waals surface area (Å²) in [4.78, 5) is 20.8. The molecular formula is C17H12ClN5OS. The van der Waals surface area contributed by atoms with Crippen molar-refractivity contribution in [2.75, 3.05) is 5.32 Å². The maximum absolute atomic E-state index is 12.3. The third-order valence-electron chi connectivity index (χ3n) is 3.66. The van der Waals surface area contributed by atoms with Gasteiger partial charge in [-0.1, -0.05) is 29.8 Å². The average Bonchev–Trinajstić information content (AvgIpc) is 3.24. The van der Waals surface area contributed by atoms with E-state index in [1.807, 2.05) is 43.3 Å². The van der Waals surface area contributed by atoms with Crippen molar-refractivity contribution in [1.82, 2.24) is 19.6 Å². The SMILES string of the molecule is Cc1nc2ccc(-c3ccccc3Cl)nn2c1NC(=O)c1nccs1. The molecule has 3 aromatic heterocycles. The number of aryl methyl sites for hydroxylation is 1. The molecule has 3 heterocycles. The first-order chi connectivity index (χ1) is 12.1. The van der Waals surface area contributed by atoms with Gasteiger partial charge in [-0.15, -0.1) is 11.3 Å². The number of fused-ring (bicyclic) bond motifs is 1. The summed E-state index contributed by atoms with van der Waals surface area (Å²) in [5, 5.41) is 10.2. The quantitative estimate of drug-likeness (QED) is 0.591. The van der Waals surface area contributed by atoms with Crippen molar-refractivity contribution in [2.24, 2.45) is 0 Å². The van der Waals surface area contributed by atoms with Gasteiger partial charge in [-0.3, -0.25) is 4.79 Å². The van der Waals surface area contributed by atoms with E-state index < -0.39 is 0 Å². The second-order valence-corrected chi connectivity index (χ2v) is 6.61. The normalized spacial score (nSPS) is 11.0. The number of rotatable bonds is 3. The predicted molar refractivity (Wildman–Crippen MR) is 98.2 cm³/mol. The summed E-state index contributed by atoms with van der Waals surface area (Å²) in [5.41, 5.74) is 2.83. The van der Waals surface area contributed by atoms with Gasteiger partial charge in [0.15, 0.2) is 16.5 Å². The molecule has 0 saturated heterocycles. The Bertz CT molecular complexity index is 1070. The Kier molecular flexibility index (Phi) is 3.95. The number of carbonyl (C=O) groups excluding carboxylic acids is 1. The summed E-state index contributed by atoms with van der Waals surface area (Å²) in [6, 6.07) is 11.2. The van der Waals surface area contributed by atoms with E-state index in [1.165, 1.54) is 11.3 Å². The highest BCUT2D eigenvalue weighted by atomic mass is 35.5. The van der Waals surface area contributed by atoms with E-state index in [9.17, 15) is 4.79 Å². The minimum atomic E-state index is -0.287. The number of benzene rings is 1. The number of halogens is 1. The highest BCUT2D eigenvalue weighted by Gasteiger charge is 2.16. The molecule has 0 aliphatic heterocycles. The summed E-state index contributed by atoms with van der Waals surface area (Å²) < 4.78 is 1.61. The van der Waals surface area contributed by atoms with E-state index >= 15 is 0 Å². The maximum Gasteiger partial charge on any atom is 0.285 e. The van der Waals surface area contributed by atoms with Gasteiger partial charge < -0.3 is 5.32 Å². The number of nitrogens with zero attached hydrogens (tertiary/aromatic N) is 4. The van der Waals surface area contributed by atoms with Crippen LogP contribution in [0.25, 0.3) is 16.9 Å². The largest absolute Gasteiger partial charge is 0.303 e. The van der Waals surface area contributed by atoms with Gasteiger partial charge >= 0.3 is 0 Å². The Morgan fingerprint density at radius 3 is 2.84 bits per heavy atom. The molecule has 0 radical (unpaired) electrons. The molecule has 1 N–H and O–H groups in total. The summed E-state index contributed by atoms with van der Waals surface area (Å²) in [5.74, 6) is 0.231. The van der Waals surface area contributed by atoms with Crippen LogP contribution in [0.3, 0.4) is 0 Å². The van der Waals surface area contributed by atoms with Crippen LogP contribution in [0.2, 0.25) is 5.02 Å². The Balaban J connectivity index is 1.79. The van der Waals surface area contributed by atoms with Crippen molar-refractivity contribution in [3.8, 4) is 11.3 Å². The predicted octanol–water partition coefficient (Wildman–Crippen LogP) is 4.07. The fourth-order valence-electron chi connectivity index (χ4n) is 2.50. The molecule has 0 fully saturated rings. The van der Waals surface area contributed by atoms with Gasteiger partial charge in [-0.25, -0.2) is 9.97 Å². The van der Waals surface area contributed by atoms with Crippen LogP contribution in [0.5, 0.6) is 0 Å². The van der Waals surface area contributed by atoms with Crippen LogP contribution >= 0.6 is 22.9 Å². The Hall–Kier alpha value is -2.77. The number of hydrogen-bond acceptors (Lipinski definition) is 5. The molecule has 8 heteroatoms. The lowest BCUT2D eigenvalue weighted by atomic mass is 10.1. The Morgan fingerprint density at radius 2 is 2.08 bits per heavy atom. The third kappa shape index (κ3) is 2.88. The van der Waals surface area contributed by atoms with Crippen molar-refractivity contribution >= 4 is 40.3 Å². The molecule has 0 atom stereocenters. The van der Waals surface area contributed by atoms with Gasteiger partial charge in [-0.2, -0.15) is 9.61 Å². The molecular weight excluding hydrogens is 358 g/mol. The molecule has 0 aliphatic rings. The highest BCUT2D eigenvalue weighted by molar-refractivity contribution is 7.11. The van der Waals surface area contributed by atoms with E-state index in [0.29, 0.717) is 32.9 Å². The zero-order valence-corrected chi connectivity index (χ0v) is 14.7. The first-order valence-corrected chi connectivity index (χ1v) is 8.71. The van der Waals surface area contributed by atoms with Gasteiger partial charge in [0.2, 0.25) is 0 Å². The fraction of sp³-hybridized carbons (Fsp3) is 0.0588. The standard InChI is InChI=1S/C17H12ClN5OS/c1-10-15(21-16(24)17-19-8-9-25-17)23-14(20-10)7-6-13(22-23)11-4-2-3-5-12(11)18/h2-9H,1H3,(H,21,24). The van der Waals surface area contributed by atoms with Crippen LogP contribution in [0, 0.1) is 6.92 Å². The lowest BCUT2D eigenvalue weighted by molar-refractivity contribution is 0.102. The summed E-state index contributed by atoms with van der Waals surface area (Å²) in [6.07, 6.45) is 1.59. The number of hydrogen-bond donors (Lipinski definition) is 1. The highest BCUT2D eigenvalue weighted by Crippen LogP contribution is 2.27. The number of carbonyl (C=O) groups is 1. The number of anilines is 1. The van der Waals surface area contributed by atoms with Gasteiger partial charge in [-0.05, 0) is 25.1 Å². The Morgan fingerprint density at radius 1 is 1.24 bits per heavy atom. The van der Waals surface area contributed by atoms with Gasteiger partial charge in [0.05, 0.1) is 16.4 Å². The topological polar surface area (TPSA) is 72.2 Å². The smallest absolute Gasteiger partial charge is 0.285 e. The fourth-order valence-corrected chi connectivity index (χ4v) is 3.26. The molecule has 0 spiro atoms. The molecule has 1 amide bonds. The van der Waals surface area contributed by atoms with E-state index in [1.54, 1.807) is 16.1 Å². The molecule has 25 heavy (non-hydrogen) atoms. The summed E-state index contributed by atoms with van der Waals surface area (Å²) in [6.45, 7) is 1.82. The first-order valence-electron chi connectivity index (χ1n) is 7.45. The van der Waals surface area contributed by atoms with Gasteiger partial charge in [0.25, 0.3) is 5.91 Å². The molecule has 124 valence electrons. The minimum absolute atomic E-state index is 0.287. The van der Waals surface area contributed by atoms with Crippen molar-refractivity contribution in [3.63, 3.8) is 0 Å². The zero-order valence-electron chi connectivity index (χ0n) is 13.1. The molecule has 4 aromatic rings. The van der Waals surface area contributed by atoms with Crippen LogP contribution in [0.1, 0.15) is 15.5 Å². The lowest BCUT2D eigenvalue weighted by Crippen LogP contribution is -2.14. The molecule has 0 bridgehead atoms. The molecule has 4 rings (SSSR count). The van der Waals surface area contributed by atoms with Gasteiger partial charge in [0.1, 0.15) is 0 Å². The van der Waals surface area contributed by atoms with Crippen molar-refractivity contribution < 1.29 is 4.79 Å². The number of aromatic nitrogens is 4. The lowest BCUT2D eigenvalue weighted by Gasteiger charge is -2.07. The maximum atomic E-state index is 12.3. The first kappa shape index (κ1) is 15.7. The van der Waals surface area contributed by atoms with Crippen molar-refractivity contribution in [2.45, 2.75) is 6.92 Å². The van der Waals surface area contributed by atoms with E-state index in [2.05, 4.69) is 20.4 Å². The second-order valence-electron chi connectivity index (χ2n) is 5.31. The van der Waals surface area contributed by atoms with E-state index in [0.717, 1.165) is 5.56 Å². The van der Waals surface area contributed by atoms with Gasteiger partial charge in [0, 0.05) is 17.1 Å². The second kappa shape index (κ2) is 6.27. The molecule has 1 aromatic carbocycles. The summed E-state index contributed by atoms with van der Waals surface area (Å²) in [7, 11) is 0. The molecule has 0 aliphatic carbocycles. The summed E-state index contributed by atoms with van der Waals surface area (Å²) >= 11 is 7.54. The third-order valence-corrected chi connectivity index (χ3v) is 4.76. The number of nitrogens with one attached hydrogen (secondary N) is 1. The Labute approximate surface area is 152 Å². The van der Waals surface area contributed by atoms with E-state index in [4.69, 9.17) is 11.6 Å². The van der Waals surface area contributed by atoms with Crippen molar-refractivity contribution in [1.29, 1.82) is 0 Å². The number of imidazole rings is 1. The zero-order chi connectivity index (χ0) is 17.4. The van der Waals surface area contributed by atoms with Crippen molar-refractivity contribution in [3.05, 3.63) is 63.7 Å². The van der Waals surface area contributed by atoms with Crippen LogP contribution in [-0.4, -0.2) is 25.5 Å².